The van der Waals surface area contributed by atoms with Crippen LogP contribution in [-0.2, 0) is 11.2 Å². The summed E-state index contributed by atoms with van der Waals surface area (Å²) in [7, 11) is 0. The van der Waals surface area contributed by atoms with Gasteiger partial charge in [-0.2, -0.15) is 0 Å². The molecule has 0 amide bonds. The molecule has 2 aromatic rings. The molecule has 0 atom stereocenters. The number of aliphatic carboxylic acids is 1. The number of carboxylic acid groups (broad SMARTS) is 1. The van der Waals surface area contributed by atoms with E-state index in [1.54, 1.807) is 0 Å². The molecule has 3 N–H and O–H groups in total. The van der Waals surface area contributed by atoms with E-state index in [2.05, 4.69) is 9.97 Å². The van der Waals surface area contributed by atoms with E-state index in [0.717, 1.165) is 0 Å². The Kier molecular flexibility index (Phi) is 1.85. The van der Waals surface area contributed by atoms with Gasteiger partial charge in [0.05, 0.1) is 23.8 Å². The summed E-state index contributed by atoms with van der Waals surface area (Å²) >= 11 is 0. The Balaban J connectivity index is 2.60. The van der Waals surface area contributed by atoms with E-state index in [-0.39, 0.29) is 12.2 Å². The number of carbonyl (C=O) groups is 1. The minimum atomic E-state index is -0.945. The van der Waals surface area contributed by atoms with Crippen LogP contribution in [-0.4, -0.2) is 26.2 Å². The number of benzene rings is 1. The van der Waals surface area contributed by atoms with E-state index in [0.29, 0.717) is 16.6 Å². The summed E-state index contributed by atoms with van der Waals surface area (Å²) in [6.45, 7) is 0. The van der Waals surface area contributed by atoms with Crippen molar-refractivity contribution in [3.8, 4) is 5.75 Å². The highest BCUT2D eigenvalue weighted by atomic mass is 16.4. The van der Waals surface area contributed by atoms with Crippen molar-refractivity contribution in [3.05, 3.63) is 24.0 Å². The van der Waals surface area contributed by atoms with E-state index in [9.17, 15) is 9.90 Å². The number of aromatic nitrogens is 2. The van der Waals surface area contributed by atoms with Gasteiger partial charge in [0.25, 0.3) is 0 Å². The lowest BCUT2D eigenvalue weighted by molar-refractivity contribution is -0.136. The minimum absolute atomic E-state index is 0.0398. The van der Waals surface area contributed by atoms with Crippen molar-refractivity contribution in [2.75, 3.05) is 0 Å². The third-order valence-corrected chi connectivity index (χ3v) is 1.93. The number of aromatic amines is 1. The number of H-pyrrole nitrogens is 1. The second-order valence-corrected chi connectivity index (χ2v) is 2.97. The van der Waals surface area contributed by atoms with Crippen molar-refractivity contribution in [2.45, 2.75) is 6.42 Å². The van der Waals surface area contributed by atoms with Crippen molar-refractivity contribution in [3.63, 3.8) is 0 Å². The zero-order chi connectivity index (χ0) is 10.1. The summed E-state index contributed by atoms with van der Waals surface area (Å²) in [6, 6.07) is 2.92. The van der Waals surface area contributed by atoms with Gasteiger partial charge in [-0.3, -0.25) is 4.79 Å². The first-order valence-electron chi connectivity index (χ1n) is 4.03. The molecule has 0 spiro atoms. The van der Waals surface area contributed by atoms with Gasteiger partial charge in [0, 0.05) is 6.07 Å². The lowest BCUT2D eigenvalue weighted by atomic mass is 10.1. The number of aromatic hydroxyl groups is 1. The van der Waals surface area contributed by atoms with Crippen LogP contribution >= 0.6 is 0 Å². The van der Waals surface area contributed by atoms with E-state index in [4.69, 9.17) is 5.11 Å². The van der Waals surface area contributed by atoms with Crippen LogP contribution in [0.1, 0.15) is 5.56 Å². The average Bonchev–Trinajstić information content (AvgIpc) is 2.50. The molecular formula is C9H8N2O3. The maximum absolute atomic E-state index is 10.5. The quantitative estimate of drug-likeness (QED) is 0.659. The fourth-order valence-corrected chi connectivity index (χ4v) is 1.40. The van der Waals surface area contributed by atoms with Crippen LogP contribution in [0.15, 0.2) is 18.5 Å². The number of imidazole rings is 1. The van der Waals surface area contributed by atoms with Crippen LogP contribution in [0.3, 0.4) is 0 Å². The summed E-state index contributed by atoms with van der Waals surface area (Å²) in [5.74, 6) is -0.905. The molecule has 1 aromatic carbocycles. The highest BCUT2D eigenvalue weighted by Crippen LogP contribution is 2.22. The molecule has 1 heterocycles. The van der Waals surface area contributed by atoms with Crippen molar-refractivity contribution >= 4 is 17.0 Å². The summed E-state index contributed by atoms with van der Waals surface area (Å²) in [5.41, 5.74) is 1.74. The van der Waals surface area contributed by atoms with Crippen molar-refractivity contribution < 1.29 is 15.0 Å². The number of rotatable bonds is 2. The van der Waals surface area contributed by atoms with Gasteiger partial charge in [0.2, 0.25) is 0 Å². The second kappa shape index (κ2) is 3.02. The Morgan fingerprint density at radius 3 is 3.00 bits per heavy atom. The standard InChI is InChI=1S/C9H8N2O3/c12-6-1-5(2-8(13)14)9-7(3-6)10-4-11-9/h1,3-4,12H,2H2,(H,10,11)(H,13,14). The predicted octanol–water partition coefficient (Wildman–Crippen LogP) is 0.896. The van der Waals surface area contributed by atoms with Crippen LogP contribution in [0.25, 0.3) is 11.0 Å². The average molecular weight is 192 g/mol. The van der Waals surface area contributed by atoms with Crippen molar-refractivity contribution in [1.82, 2.24) is 9.97 Å². The van der Waals surface area contributed by atoms with Gasteiger partial charge in [0.1, 0.15) is 5.75 Å². The van der Waals surface area contributed by atoms with E-state index in [1.165, 1.54) is 18.5 Å². The van der Waals surface area contributed by atoms with Crippen molar-refractivity contribution in [1.29, 1.82) is 0 Å². The van der Waals surface area contributed by atoms with Gasteiger partial charge in [-0.15, -0.1) is 0 Å². The van der Waals surface area contributed by atoms with Crippen LogP contribution in [0.5, 0.6) is 5.75 Å². The summed E-state index contributed by atoms with van der Waals surface area (Å²) in [6.07, 6.45) is 1.32. The fourth-order valence-electron chi connectivity index (χ4n) is 1.40. The van der Waals surface area contributed by atoms with Crippen LogP contribution < -0.4 is 0 Å². The summed E-state index contributed by atoms with van der Waals surface area (Å²) < 4.78 is 0. The molecule has 5 heteroatoms. The Labute approximate surface area is 79.0 Å². The molecule has 2 rings (SSSR count). The third kappa shape index (κ3) is 1.39. The third-order valence-electron chi connectivity index (χ3n) is 1.93. The monoisotopic (exact) mass is 192 g/mol. The van der Waals surface area contributed by atoms with E-state index in [1.807, 2.05) is 0 Å². The lowest BCUT2D eigenvalue weighted by Crippen LogP contribution is -2.00. The topological polar surface area (TPSA) is 86.2 Å². The maximum atomic E-state index is 10.5. The molecule has 0 aliphatic carbocycles. The Bertz CT molecular complexity index is 490. The molecule has 0 saturated heterocycles. The fraction of sp³-hybridized carbons (Fsp3) is 0.111. The number of carboxylic acids is 1. The number of nitrogens with zero attached hydrogens (tertiary/aromatic N) is 1. The number of nitrogens with one attached hydrogen (secondary N) is 1. The summed E-state index contributed by atoms with van der Waals surface area (Å²) in [4.78, 5) is 17.3. The number of hydrogen-bond donors (Lipinski definition) is 3. The largest absolute Gasteiger partial charge is 0.508 e. The van der Waals surface area contributed by atoms with Crippen LogP contribution in [0, 0.1) is 0 Å². The SMILES string of the molecule is O=C(O)Cc1cc(O)cc2[nH]cnc12. The molecular weight excluding hydrogens is 184 g/mol. The first kappa shape index (κ1) is 8.55. The zero-order valence-electron chi connectivity index (χ0n) is 7.19. The summed E-state index contributed by atoms with van der Waals surface area (Å²) in [5, 5.41) is 17.9. The normalized spacial score (nSPS) is 10.6. The molecule has 0 fully saturated rings. The minimum Gasteiger partial charge on any atom is -0.508 e. The number of hydrogen-bond acceptors (Lipinski definition) is 3. The first-order valence-corrected chi connectivity index (χ1v) is 4.03. The predicted molar refractivity (Wildman–Crippen MR) is 49.1 cm³/mol. The van der Waals surface area contributed by atoms with Gasteiger partial charge in [-0.25, -0.2) is 4.98 Å². The first-order chi connectivity index (χ1) is 6.66. The lowest BCUT2D eigenvalue weighted by Gasteiger charge is -1.99. The van der Waals surface area contributed by atoms with Gasteiger partial charge in [0.15, 0.2) is 0 Å². The van der Waals surface area contributed by atoms with Crippen LogP contribution in [0.4, 0.5) is 0 Å². The highest BCUT2D eigenvalue weighted by molar-refractivity contribution is 5.84. The molecule has 1 aromatic heterocycles. The smallest absolute Gasteiger partial charge is 0.307 e. The maximum Gasteiger partial charge on any atom is 0.307 e. The number of phenols is 1. The van der Waals surface area contributed by atoms with Gasteiger partial charge < -0.3 is 15.2 Å². The Hall–Kier alpha value is -2.04. The molecule has 14 heavy (non-hydrogen) atoms. The molecule has 0 saturated carbocycles. The van der Waals surface area contributed by atoms with Gasteiger partial charge in [-0.05, 0) is 11.6 Å². The Morgan fingerprint density at radius 1 is 1.50 bits per heavy atom. The van der Waals surface area contributed by atoms with E-state index < -0.39 is 5.97 Å². The van der Waals surface area contributed by atoms with Gasteiger partial charge in [-0.1, -0.05) is 0 Å². The molecule has 0 bridgehead atoms. The molecule has 5 nitrogen and oxygen atoms in total. The molecule has 72 valence electrons. The molecule has 0 radical (unpaired) electrons. The number of phenolic OH excluding ortho intramolecular Hbond substituents is 1. The Morgan fingerprint density at radius 2 is 2.29 bits per heavy atom. The second-order valence-electron chi connectivity index (χ2n) is 2.97. The molecule has 0 aliphatic heterocycles. The molecule has 0 unspecified atom stereocenters. The number of fused-ring (bicyclic) bond motifs is 1. The highest BCUT2D eigenvalue weighted by Gasteiger charge is 2.09. The molecule has 0 aliphatic rings. The van der Waals surface area contributed by atoms with Gasteiger partial charge >= 0.3 is 5.97 Å². The van der Waals surface area contributed by atoms with Crippen LogP contribution in [0.2, 0.25) is 0 Å². The van der Waals surface area contributed by atoms with Crippen molar-refractivity contribution in [2.24, 2.45) is 0 Å². The zero-order valence-corrected chi connectivity index (χ0v) is 7.19. The van der Waals surface area contributed by atoms with E-state index >= 15 is 0 Å².